The van der Waals surface area contributed by atoms with Gasteiger partial charge in [0.1, 0.15) is 5.78 Å². The van der Waals surface area contributed by atoms with E-state index in [1.807, 2.05) is 13.1 Å². The SMILES string of the molecule is Cc1nccc2c1ccn2C1CCC(=O)CC1. The molecule has 1 saturated carbocycles. The molecular formula is C14H16N2O. The lowest BCUT2D eigenvalue weighted by atomic mass is 9.94. The number of hydrogen-bond acceptors (Lipinski definition) is 2. The Morgan fingerprint density at radius 3 is 2.82 bits per heavy atom. The first kappa shape index (κ1) is 10.5. The van der Waals surface area contributed by atoms with E-state index in [2.05, 4.69) is 27.9 Å². The van der Waals surface area contributed by atoms with Crippen LogP contribution in [0.4, 0.5) is 0 Å². The summed E-state index contributed by atoms with van der Waals surface area (Å²) in [6.45, 7) is 2.04. The second-order valence-electron chi connectivity index (χ2n) is 4.82. The number of pyridine rings is 1. The molecule has 0 unspecified atom stereocenters. The number of rotatable bonds is 1. The molecule has 88 valence electrons. The van der Waals surface area contributed by atoms with Crippen LogP contribution < -0.4 is 0 Å². The summed E-state index contributed by atoms with van der Waals surface area (Å²) in [5.41, 5.74) is 2.32. The number of aromatic nitrogens is 2. The second kappa shape index (κ2) is 3.99. The summed E-state index contributed by atoms with van der Waals surface area (Å²) < 4.78 is 2.32. The van der Waals surface area contributed by atoms with Crippen LogP contribution in [0.2, 0.25) is 0 Å². The molecule has 1 aliphatic carbocycles. The Morgan fingerprint density at radius 2 is 2.06 bits per heavy atom. The molecule has 3 nitrogen and oxygen atoms in total. The van der Waals surface area contributed by atoms with Crippen LogP contribution in [0.15, 0.2) is 24.5 Å². The summed E-state index contributed by atoms with van der Waals surface area (Å²) in [6.07, 6.45) is 7.42. The molecule has 2 aromatic heterocycles. The predicted octanol–water partition coefficient (Wildman–Crippen LogP) is 3.03. The van der Waals surface area contributed by atoms with E-state index in [4.69, 9.17) is 0 Å². The Labute approximate surface area is 100 Å². The first-order chi connectivity index (χ1) is 8.25. The van der Waals surface area contributed by atoms with Gasteiger partial charge in [-0.15, -0.1) is 0 Å². The molecule has 0 saturated heterocycles. The van der Waals surface area contributed by atoms with E-state index in [0.717, 1.165) is 31.4 Å². The van der Waals surface area contributed by atoms with E-state index in [9.17, 15) is 4.79 Å². The molecule has 0 amide bonds. The minimum atomic E-state index is 0.413. The highest BCUT2D eigenvalue weighted by Gasteiger charge is 2.21. The molecule has 0 aliphatic heterocycles. The quantitative estimate of drug-likeness (QED) is 0.752. The van der Waals surface area contributed by atoms with Gasteiger partial charge in [-0.1, -0.05) is 0 Å². The zero-order valence-corrected chi connectivity index (χ0v) is 10.0. The average molecular weight is 228 g/mol. The van der Waals surface area contributed by atoms with Gasteiger partial charge in [0.15, 0.2) is 0 Å². The van der Waals surface area contributed by atoms with E-state index in [1.54, 1.807) is 0 Å². The smallest absolute Gasteiger partial charge is 0.133 e. The van der Waals surface area contributed by atoms with Crippen LogP contribution in [-0.2, 0) is 4.79 Å². The maximum absolute atomic E-state index is 11.3. The van der Waals surface area contributed by atoms with Gasteiger partial charge < -0.3 is 4.57 Å². The van der Waals surface area contributed by atoms with Crippen LogP contribution in [-0.4, -0.2) is 15.3 Å². The van der Waals surface area contributed by atoms with Crippen LogP contribution in [0, 0.1) is 6.92 Å². The number of hydrogen-bond donors (Lipinski definition) is 0. The molecule has 3 rings (SSSR count). The first-order valence-corrected chi connectivity index (χ1v) is 6.19. The number of fused-ring (bicyclic) bond motifs is 1. The fourth-order valence-electron chi connectivity index (χ4n) is 2.75. The van der Waals surface area contributed by atoms with Crippen LogP contribution in [0.25, 0.3) is 10.9 Å². The normalized spacial score (nSPS) is 17.8. The molecule has 2 aromatic rings. The summed E-state index contributed by atoms with van der Waals surface area (Å²) in [5.74, 6) is 0.413. The molecule has 0 radical (unpaired) electrons. The third-order valence-corrected chi connectivity index (χ3v) is 3.75. The van der Waals surface area contributed by atoms with Gasteiger partial charge >= 0.3 is 0 Å². The van der Waals surface area contributed by atoms with Crippen LogP contribution in [0.5, 0.6) is 0 Å². The summed E-state index contributed by atoms with van der Waals surface area (Å²) >= 11 is 0. The van der Waals surface area contributed by atoms with Gasteiger partial charge in [0, 0.05) is 42.4 Å². The van der Waals surface area contributed by atoms with Gasteiger partial charge in [0.2, 0.25) is 0 Å². The fraction of sp³-hybridized carbons (Fsp3) is 0.429. The Morgan fingerprint density at radius 1 is 1.29 bits per heavy atom. The maximum atomic E-state index is 11.3. The van der Waals surface area contributed by atoms with Gasteiger partial charge in [-0.25, -0.2) is 0 Å². The number of carbonyl (C=O) groups is 1. The van der Waals surface area contributed by atoms with Crippen LogP contribution in [0.1, 0.15) is 37.4 Å². The topological polar surface area (TPSA) is 34.9 Å². The second-order valence-corrected chi connectivity index (χ2v) is 4.82. The number of carbonyl (C=O) groups excluding carboxylic acids is 1. The molecule has 1 fully saturated rings. The zero-order chi connectivity index (χ0) is 11.8. The highest BCUT2D eigenvalue weighted by atomic mass is 16.1. The zero-order valence-electron chi connectivity index (χ0n) is 10.0. The van der Waals surface area contributed by atoms with Crippen molar-refractivity contribution < 1.29 is 4.79 Å². The van der Waals surface area contributed by atoms with Crippen molar-refractivity contribution in [2.24, 2.45) is 0 Å². The van der Waals surface area contributed by atoms with Crippen molar-refractivity contribution in [1.82, 2.24) is 9.55 Å². The van der Waals surface area contributed by atoms with Gasteiger partial charge in [-0.05, 0) is 31.9 Å². The molecule has 0 aromatic carbocycles. The Balaban J connectivity index is 2.01. The summed E-state index contributed by atoms with van der Waals surface area (Å²) in [7, 11) is 0. The molecule has 3 heteroatoms. The Bertz CT molecular complexity index is 561. The number of nitrogens with zero attached hydrogens (tertiary/aromatic N) is 2. The summed E-state index contributed by atoms with van der Waals surface area (Å²) in [6, 6.07) is 4.68. The molecule has 17 heavy (non-hydrogen) atoms. The monoisotopic (exact) mass is 228 g/mol. The number of ketones is 1. The number of aryl methyl sites for hydroxylation is 1. The standard InChI is InChI=1S/C14H16N2O/c1-10-13-7-9-16(14(13)6-8-15-10)11-2-4-12(17)5-3-11/h6-9,11H,2-5H2,1H3. The Hall–Kier alpha value is -1.64. The lowest BCUT2D eigenvalue weighted by Crippen LogP contribution is -2.17. The van der Waals surface area contributed by atoms with Gasteiger partial charge in [0.05, 0.1) is 5.52 Å². The van der Waals surface area contributed by atoms with Crippen molar-refractivity contribution in [1.29, 1.82) is 0 Å². The largest absolute Gasteiger partial charge is 0.344 e. The fourth-order valence-corrected chi connectivity index (χ4v) is 2.75. The van der Waals surface area contributed by atoms with Crippen LogP contribution >= 0.6 is 0 Å². The Kier molecular flexibility index (Phi) is 2.46. The number of Topliss-reactive ketones (excluding diaryl/α,β-unsaturated/α-hetero) is 1. The van der Waals surface area contributed by atoms with Gasteiger partial charge in [-0.3, -0.25) is 9.78 Å². The third kappa shape index (κ3) is 1.75. The van der Waals surface area contributed by atoms with Gasteiger partial charge in [-0.2, -0.15) is 0 Å². The van der Waals surface area contributed by atoms with Gasteiger partial charge in [0.25, 0.3) is 0 Å². The predicted molar refractivity (Wildman–Crippen MR) is 67.0 cm³/mol. The van der Waals surface area contributed by atoms with Crippen molar-refractivity contribution in [2.75, 3.05) is 0 Å². The summed E-state index contributed by atoms with van der Waals surface area (Å²) in [5, 5.41) is 1.23. The third-order valence-electron chi connectivity index (χ3n) is 3.75. The van der Waals surface area contributed by atoms with E-state index >= 15 is 0 Å². The first-order valence-electron chi connectivity index (χ1n) is 6.19. The highest BCUT2D eigenvalue weighted by molar-refractivity contribution is 5.82. The van der Waals surface area contributed by atoms with Crippen molar-refractivity contribution in [2.45, 2.75) is 38.6 Å². The van der Waals surface area contributed by atoms with E-state index in [1.165, 1.54) is 10.9 Å². The lowest BCUT2D eigenvalue weighted by Gasteiger charge is -2.23. The minimum Gasteiger partial charge on any atom is -0.344 e. The summed E-state index contributed by atoms with van der Waals surface area (Å²) in [4.78, 5) is 15.6. The van der Waals surface area contributed by atoms with E-state index < -0.39 is 0 Å². The van der Waals surface area contributed by atoms with E-state index in [-0.39, 0.29) is 0 Å². The molecule has 0 spiro atoms. The molecule has 0 bridgehead atoms. The van der Waals surface area contributed by atoms with E-state index in [0.29, 0.717) is 11.8 Å². The van der Waals surface area contributed by atoms with Crippen LogP contribution in [0.3, 0.4) is 0 Å². The average Bonchev–Trinajstić information content (AvgIpc) is 2.75. The molecule has 0 N–H and O–H groups in total. The van der Waals surface area contributed by atoms with Crippen molar-refractivity contribution in [3.8, 4) is 0 Å². The maximum Gasteiger partial charge on any atom is 0.133 e. The molecule has 1 aliphatic rings. The molecular weight excluding hydrogens is 212 g/mol. The molecule has 2 heterocycles. The minimum absolute atomic E-state index is 0.413. The molecule has 0 atom stereocenters. The van der Waals surface area contributed by atoms with Crippen molar-refractivity contribution in [3.63, 3.8) is 0 Å². The lowest BCUT2D eigenvalue weighted by molar-refractivity contribution is -0.120. The van der Waals surface area contributed by atoms with Crippen molar-refractivity contribution >= 4 is 16.7 Å². The highest BCUT2D eigenvalue weighted by Crippen LogP contribution is 2.30. The van der Waals surface area contributed by atoms with Crippen molar-refractivity contribution in [3.05, 3.63) is 30.2 Å².